The van der Waals surface area contributed by atoms with Crippen LogP contribution in [0.5, 0.6) is 23.1 Å². The zero-order valence-corrected chi connectivity index (χ0v) is 20.7. The van der Waals surface area contributed by atoms with Crippen LogP contribution in [0.2, 0.25) is 0 Å². The molecule has 1 aromatic heterocycles. The third-order valence-corrected chi connectivity index (χ3v) is 6.82. The van der Waals surface area contributed by atoms with Gasteiger partial charge in [-0.15, -0.1) is 0 Å². The molecular formula is C27H30F3N3O4. The predicted molar refractivity (Wildman–Crippen MR) is 131 cm³/mol. The Morgan fingerprint density at radius 3 is 2.41 bits per heavy atom. The van der Waals surface area contributed by atoms with Crippen LogP contribution in [0.25, 0.3) is 10.9 Å². The smallest absolute Gasteiger partial charge is 0.416 e. The van der Waals surface area contributed by atoms with Crippen molar-refractivity contribution in [1.29, 1.82) is 0 Å². The van der Waals surface area contributed by atoms with Crippen molar-refractivity contribution in [2.75, 3.05) is 40.0 Å². The van der Waals surface area contributed by atoms with Crippen molar-refractivity contribution in [3.05, 3.63) is 48.3 Å². The molecule has 0 aliphatic carbocycles. The van der Waals surface area contributed by atoms with Gasteiger partial charge < -0.3 is 23.8 Å². The highest BCUT2D eigenvalue weighted by Crippen LogP contribution is 2.39. The number of aromatic nitrogens is 2. The van der Waals surface area contributed by atoms with Gasteiger partial charge in [-0.05, 0) is 63.2 Å². The third-order valence-electron chi connectivity index (χ3n) is 6.82. The number of rotatable bonds is 7. The number of nitrogens with zero attached hydrogens (tertiary/aromatic N) is 3. The van der Waals surface area contributed by atoms with E-state index in [9.17, 15) is 13.2 Å². The van der Waals surface area contributed by atoms with E-state index in [-0.39, 0.29) is 17.7 Å². The lowest BCUT2D eigenvalue weighted by Crippen LogP contribution is -2.32. The van der Waals surface area contributed by atoms with Crippen molar-refractivity contribution in [3.8, 4) is 23.1 Å². The molecule has 2 saturated heterocycles. The average Bonchev–Trinajstić information content (AvgIpc) is 2.89. The molecule has 2 fully saturated rings. The van der Waals surface area contributed by atoms with Crippen LogP contribution in [0.1, 0.15) is 31.2 Å². The third kappa shape index (κ3) is 6.42. The first-order valence-electron chi connectivity index (χ1n) is 12.5. The van der Waals surface area contributed by atoms with Crippen LogP contribution < -0.4 is 14.2 Å². The lowest BCUT2D eigenvalue weighted by molar-refractivity contribution is -0.137. The fraction of sp³-hybridized carbons (Fsp3) is 0.481. The van der Waals surface area contributed by atoms with Crippen LogP contribution >= 0.6 is 0 Å². The van der Waals surface area contributed by atoms with Crippen molar-refractivity contribution in [1.82, 2.24) is 14.9 Å². The summed E-state index contributed by atoms with van der Waals surface area (Å²) < 4.78 is 62.9. The molecule has 0 saturated carbocycles. The summed E-state index contributed by atoms with van der Waals surface area (Å²) in [6.45, 7) is 3.94. The van der Waals surface area contributed by atoms with Gasteiger partial charge in [0.25, 0.3) is 0 Å². The van der Waals surface area contributed by atoms with Crippen LogP contribution in [0.3, 0.4) is 0 Å². The highest BCUT2D eigenvalue weighted by molar-refractivity contribution is 5.91. The summed E-state index contributed by atoms with van der Waals surface area (Å²) in [5, 5.41) is 0.542. The molecular weight excluding hydrogens is 487 g/mol. The van der Waals surface area contributed by atoms with Crippen molar-refractivity contribution in [3.63, 3.8) is 0 Å². The standard InChI is InChI=1S/C27H30F3N3O4/c1-33-10-6-18(7-11-33)16-35-22-14-23-25(24(15-22)36-21-8-12-34-13-9-21)26(32-17-31-23)37-20-4-2-19(3-5-20)27(28,29)30/h2-5,14-15,17-18,21H,6-13,16H2,1H3. The number of piperidine rings is 1. The Balaban J connectivity index is 1.43. The second-order valence-electron chi connectivity index (χ2n) is 9.61. The van der Waals surface area contributed by atoms with E-state index < -0.39 is 11.7 Å². The van der Waals surface area contributed by atoms with E-state index >= 15 is 0 Å². The molecule has 5 rings (SSSR count). The summed E-state index contributed by atoms with van der Waals surface area (Å²) in [7, 11) is 2.13. The first-order chi connectivity index (χ1) is 17.8. The molecule has 3 aromatic rings. The van der Waals surface area contributed by atoms with Gasteiger partial charge in [0.1, 0.15) is 35.1 Å². The summed E-state index contributed by atoms with van der Waals surface area (Å²) in [4.78, 5) is 11.0. The van der Waals surface area contributed by atoms with E-state index in [0.29, 0.717) is 48.1 Å². The van der Waals surface area contributed by atoms with Gasteiger partial charge in [0.2, 0.25) is 5.88 Å². The number of alkyl halides is 3. The molecule has 2 aliphatic heterocycles. The Morgan fingerprint density at radius 2 is 1.70 bits per heavy atom. The molecule has 2 aromatic carbocycles. The zero-order valence-electron chi connectivity index (χ0n) is 20.7. The van der Waals surface area contributed by atoms with Gasteiger partial charge in [-0.3, -0.25) is 0 Å². The summed E-state index contributed by atoms with van der Waals surface area (Å²) in [6, 6.07) is 8.15. The van der Waals surface area contributed by atoms with Crippen molar-refractivity contribution < 1.29 is 32.1 Å². The molecule has 2 aliphatic rings. The van der Waals surface area contributed by atoms with Crippen LogP contribution in [0.15, 0.2) is 42.7 Å². The molecule has 7 nitrogen and oxygen atoms in total. The quantitative estimate of drug-likeness (QED) is 0.397. The maximum absolute atomic E-state index is 13.0. The number of benzene rings is 2. The van der Waals surface area contributed by atoms with E-state index in [1.54, 1.807) is 0 Å². The van der Waals surface area contributed by atoms with Crippen molar-refractivity contribution in [2.24, 2.45) is 5.92 Å². The number of hydrogen-bond donors (Lipinski definition) is 0. The van der Waals surface area contributed by atoms with Crippen LogP contribution in [0, 0.1) is 5.92 Å². The first kappa shape index (κ1) is 25.5. The van der Waals surface area contributed by atoms with E-state index in [2.05, 4.69) is 21.9 Å². The molecule has 0 radical (unpaired) electrons. The van der Waals surface area contributed by atoms with Gasteiger partial charge in [0, 0.05) is 25.0 Å². The van der Waals surface area contributed by atoms with E-state index in [1.807, 2.05) is 12.1 Å². The van der Waals surface area contributed by atoms with Crippen LogP contribution in [0.4, 0.5) is 13.2 Å². The zero-order chi connectivity index (χ0) is 25.8. The van der Waals surface area contributed by atoms with Gasteiger partial charge in [0.15, 0.2) is 0 Å². The lowest BCUT2D eigenvalue weighted by atomic mass is 9.98. The summed E-state index contributed by atoms with van der Waals surface area (Å²) in [6.07, 6.45) is 0.539. The number of likely N-dealkylation sites (tertiary alicyclic amines) is 1. The van der Waals surface area contributed by atoms with Gasteiger partial charge in [0.05, 0.1) is 30.9 Å². The molecule has 0 N–H and O–H groups in total. The Morgan fingerprint density at radius 1 is 0.973 bits per heavy atom. The molecule has 0 amide bonds. The summed E-state index contributed by atoms with van der Waals surface area (Å²) in [5.74, 6) is 2.08. The minimum Gasteiger partial charge on any atom is -0.493 e. The van der Waals surface area contributed by atoms with Crippen LogP contribution in [-0.4, -0.2) is 60.9 Å². The highest BCUT2D eigenvalue weighted by atomic mass is 19.4. The van der Waals surface area contributed by atoms with Crippen molar-refractivity contribution >= 4 is 10.9 Å². The Labute approximate surface area is 213 Å². The average molecular weight is 518 g/mol. The second kappa shape index (κ2) is 11.1. The monoisotopic (exact) mass is 517 g/mol. The maximum Gasteiger partial charge on any atom is 0.416 e. The predicted octanol–water partition coefficient (Wildman–Crippen LogP) is 5.72. The SMILES string of the molecule is CN1CCC(COc2cc(OC3CCOCC3)c3c(Oc4ccc(C(F)(F)F)cc4)ncnc3c2)CC1. The molecule has 10 heteroatoms. The second-order valence-corrected chi connectivity index (χ2v) is 9.61. The van der Waals surface area contributed by atoms with Crippen molar-refractivity contribution in [2.45, 2.75) is 38.0 Å². The van der Waals surface area contributed by atoms with E-state index in [0.717, 1.165) is 50.9 Å². The summed E-state index contributed by atoms with van der Waals surface area (Å²) >= 11 is 0. The highest BCUT2D eigenvalue weighted by Gasteiger charge is 2.30. The molecule has 37 heavy (non-hydrogen) atoms. The topological polar surface area (TPSA) is 65.9 Å². The van der Waals surface area contributed by atoms with Gasteiger partial charge >= 0.3 is 6.18 Å². The van der Waals surface area contributed by atoms with Crippen LogP contribution in [-0.2, 0) is 10.9 Å². The van der Waals surface area contributed by atoms with E-state index in [1.165, 1.54) is 18.5 Å². The number of fused-ring (bicyclic) bond motifs is 1. The number of halogens is 3. The number of ether oxygens (including phenoxy) is 4. The molecule has 0 unspecified atom stereocenters. The minimum absolute atomic E-state index is 0.0554. The fourth-order valence-corrected chi connectivity index (χ4v) is 4.59. The molecule has 0 atom stereocenters. The first-order valence-corrected chi connectivity index (χ1v) is 12.5. The molecule has 198 valence electrons. The minimum atomic E-state index is -4.42. The number of hydrogen-bond acceptors (Lipinski definition) is 7. The van der Waals surface area contributed by atoms with Gasteiger partial charge in [-0.2, -0.15) is 13.2 Å². The molecule has 0 spiro atoms. The normalized spacial score (nSPS) is 18.2. The summed E-state index contributed by atoms with van der Waals surface area (Å²) in [5.41, 5.74) is -0.179. The Kier molecular flexibility index (Phi) is 7.66. The fourth-order valence-electron chi connectivity index (χ4n) is 4.59. The molecule has 3 heterocycles. The lowest BCUT2D eigenvalue weighted by Gasteiger charge is -2.29. The largest absolute Gasteiger partial charge is 0.493 e. The Bertz CT molecular complexity index is 1190. The van der Waals surface area contributed by atoms with E-state index in [4.69, 9.17) is 18.9 Å². The van der Waals surface area contributed by atoms with Gasteiger partial charge in [-0.1, -0.05) is 0 Å². The maximum atomic E-state index is 13.0. The molecule has 0 bridgehead atoms. The van der Waals surface area contributed by atoms with Gasteiger partial charge in [-0.25, -0.2) is 9.97 Å². The Hall–Kier alpha value is -3.11.